The first-order valence-corrected chi connectivity index (χ1v) is 10.8. The second-order valence-electron chi connectivity index (χ2n) is 7.10. The molecule has 0 unspecified atom stereocenters. The minimum absolute atomic E-state index is 0.173. The maximum atomic E-state index is 12.6. The monoisotopic (exact) mass is 462 g/mol. The molecule has 2 aromatic carbocycles. The fourth-order valence-corrected chi connectivity index (χ4v) is 3.93. The maximum absolute atomic E-state index is 12.6. The van der Waals surface area contributed by atoms with Crippen molar-refractivity contribution >= 4 is 46.2 Å². The summed E-state index contributed by atoms with van der Waals surface area (Å²) in [6.07, 6.45) is 0. The van der Waals surface area contributed by atoms with E-state index in [1.807, 2.05) is 18.2 Å². The van der Waals surface area contributed by atoms with Gasteiger partial charge in [-0.15, -0.1) is 0 Å². The van der Waals surface area contributed by atoms with Crippen molar-refractivity contribution in [3.8, 4) is 11.5 Å². The molecule has 166 valence electrons. The number of likely N-dealkylation sites (N-methyl/N-ethyl adjacent to an activating group) is 1. The molecule has 1 aliphatic rings. The van der Waals surface area contributed by atoms with Crippen LogP contribution in [0.1, 0.15) is 17.3 Å². The number of rotatable bonds is 6. The Morgan fingerprint density at radius 1 is 1.06 bits per heavy atom. The number of piperazine rings is 1. The van der Waals surface area contributed by atoms with E-state index >= 15 is 0 Å². The predicted octanol–water partition coefficient (Wildman–Crippen LogP) is 3.63. The molecule has 0 saturated carbocycles. The highest BCUT2D eigenvalue weighted by atomic mass is 35.5. The summed E-state index contributed by atoms with van der Waals surface area (Å²) in [4.78, 5) is 17.3. The van der Waals surface area contributed by atoms with E-state index in [0.717, 1.165) is 38.4 Å². The van der Waals surface area contributed by atoms with Gasteiger partial charge in [-0.2, -0.15) is 0 Å². The number of nitrogens with one attached hydrogen (secondary N) is 2. The van der Waals surface area contributed by atoms with Gasteiger partial charge in [0.2, 0.25) is 0 Å². The van der Waals surface area contributed by atoms with Gasteiger partial charge in [-0.1, -0.05) is 18.5 Å². The van der Waals surface area contributed by atoms with Crippen molar-refractivity contribution in [1.29, 1.82) is 0 Å². The number of halogens is 1. The van der Waals surface area contributed by atoms with Crippen LogP contribution in [0, 0.1) is 0 Å². The summed E-state index contributed by atoms with van der Waals surface area (Å²) in [5.74, 6) is 0.669. The first-order valence-electron chi connectivity index (χ1n) is 10.1. The summed E-state index contributed by atoms with van der Waals surface area (Å²) in [7, 11) is 3.06. The van der Waals surface area contributed by atoms with Crippen LogP contribution in [0.25, 0.3) is 0 Å². The molecule has 1 saturated heterocycles. The molecule has 2 N–H and O–H groups in total. The summed E-state index contributed by atoms with van der Waals surface area (Å²) in [6.45, 7) is 7.18. The molecule has 0 spiro atoms. The van der Waals surface area contributed by atoms with Crippen LogP contribution < -0.4 is 25.0 Å². The fourth-order valence-electron chi connectivity index (χ4n) is 3.42. The molecule has 0 aliphatic carbocycles. The molecular weight excluding hydrogens is 436 g/mol. The Balaban J connectivity index is 1.62. The molecule has 2 aromatic rings. The van der Waals surface area contributed by atoms with Crippen LogP contribution in [0.4, 0.5) is 11.4 Å². The molecule has 0 atom stereocenters. The van der Waals surface area contributed by atoms with Crippen molar-refractivity contribution in [2.24, 2.45) is 0 Å². The number of thiocarbonyl (C=S) groups is 1. The highest BCUT2D eigenvalue weighted by Gasteiger charge is 2.18. The molecular formula is C22H27ClN4O3S. The van der Waals surface area contributed by atoms with Crippen molar-refractivity contribution in [3.05, 3.63) is 47.0 Å². The van der Waals surface area contributed by atoms with Gasteiger partial charge in [0.15, 0.2) is 5.11 Å². The van der Waals surface area contributed by atoms with Crippen molar-refractivity contribution in [2.45, 2.75) is 6.92 Å². The highest BCUT2D eigenvalue weighted by molar-refractivity contribution is 7.80. The van der Waals surface area contributed by atoms with Gasteiger partial charge in [0.05, 0.1) is 24.9 Å². The third kappa shape index (κ3) is 6.00. The molecule has 7 nitrogen and oxygen atoms in total. The Hall–Kier alpha value is -2.55. The van der Waals surface area contributed by atoms with Gasteiger partial charge in [0, 0.05) is 43.5 Å². The van der Waals surface area contributed by atoms with Gasteiger partial charge >= 0.3 is 0 Å². The Bertz CT molecular complexity index is 926. The van der Waals surface area contributed by atoms with Gasteiger partial charge in [-0.05, 0) is 49.1 Å². The lowest BCUT2D eigenvalue weighted by molar-refractivity contribution is 0.0977. The fraction of sp³-hybridized carbons (Fsp3) is 0.364. The third-order valence-corrected chi connectivity index (χ3v) is 5.71. The first kappa shape index (κ1) is 23.1. The summed E-state index contributed by atoms with van der Waals surface area (Å²) >= 11 is 11.8. The van der Waals surface area contributed by atoms with Crippen LogP contribution >= 0.6 is 23.8 Å². The smallest absolute Gasteiger partial charge is 0.257 e. The van der Waals surface area contributed by atoms with Gasteiger partial charge in [-0.25, -0.2) is 0 Å². The number of carbonyl (C=O) groups excluding carboxylic acids is 1. The van der Waals surface area contributed by atoms with E-state index < -0.39 is 0 Å². The molecule has 3 rings (SSSR count). The molecule has 0 radical (unpaired) electrons. The number of nitrogens with zero attached hydrogens (tertiary/aromatic N) is 2. The Kier molecular flexibility index (Phi) is 7.95. The summed E-state index contributed by atoms with van der Waals surface area (Å²) < 4.78 is 10.4. The number of amides is 1. The van der Waals surface area contributed by atoms with Crippen LogP contribution in [0.15, 0.2) is 36.4 Å². The second kappa shape index (κ2) is 10.7. The van der Waals surface area contributed by atoms with E-state index in [1.165, 1.54) is 14.2 Å². The highest BCUT2D eigenvalue weighted by Crippen LogP contribution is 2.29. The average Bonchev–Trinajstić information content (AvgIpc) is 2.78. The zero-order valence-corrected chi connectivity index (χ0v) is 19.5. The standard InChI is InChI=1S/C22H27ClN4O3S/c1-4-26-7-9-27(10-8-26)20-6-5-16(13-19(20)23)24-22(31)25-21(28)15-11-17(29-2)14-18(12-15)30-3/h5-6,11-14H,4,7-10H2,1-3H3,(H2,24,25,28,31). The van der Waals surface area contributed by atoms with Gasteiger partial charge in [-0.3, -0.25) is 10.1 Å². The summed E-state index contributed by atoms with van der Waals surface area (Å²) in [6, 6.07) is 10.6. The Morgan fingerprint density at radius 3 is 2.26 bits per heavy atom. The first-order chi connectivity index (χ1) is 14.9. The maximum Gasteiger partial charge on any atom is 0.257 e. The summed E-state index contributed by atoms with van der Waals surface area (Å²) in [5.41, 5.74) is 2.08. The lowest BCUT2D eigenvalue weighted by Crippen LogP contribution is -2.46. The lowest BCUT2D eigenvalue weighted by Gasteiger charge is -2.36. The van der Waals surface area contributed by atoms with Crippen molar-refractivity contribution in [1.82, 2.24) is 10.2 Å². The van der Waals surface area contributed by atoms with Crippen LogP contribution in [0.5, 0.6) is 11.5 Å². The normalized spacial score (nSPS) is 14.1. The van der Waals surface area contributed by atoms with E-state index in [2.05, 4.69) is 27.4 Å². The Labute approximate surface area is 193 Å². The van der Waals surface area contributed by atoms with E-state index in [0.29, 0.717) is 27.8 Å². The number of carbonyl (C=O) groups is 1. The zero-order chi connectivity index (χ0) is 22.4. The quantitative estimate of drug-likeness (QED) is 0.635. The molecule has 1 fully saturated rings. The molecule has 31 heavy (non-hydrogen) atoms. The van der Waals surface area contributed by atoms with Crippen molar-refractivity contribution in [2.75, 3.05) is 57.2 Å². The zero-order valence-electron chi connectivity index (χ0n) is 17.9. The number of ether oxygens (including phenoxy) is 2. The molecule has 0 bridgehead atoms. The number of hydrogen-bond acceptors (Lipinski definition) is 6. The lowest BCUT2D eigenvalue weighted by atomic mass is 10.2. The number of methoxy groups -OCH3 is 2. The third-order valence-electron chi connectivity index (χ3n) is 5.21. The van der Waals surface area contributed by atoms with Crippen LogP contribution in [-0.4, -0.2) is 62.9 Å². The molecule has 1 aliphatic heterocycles. The second-order valence-corrected chi connectivity index (χ2v) is 7.91. The number of benzene rings is 2. The SMILES string of the molecule is CCN1CCN(c2ccc(NC(=S)NC(=O)c3cc(OC)cc(OC)c3)cc2Cl)CC1. The van der Waals surface area contributed by atoms with E-state index in [4.69, 9.17) is 33.3 Å². The topological polar surface area (TPSA) is 66.1 Å². The van der Waals surface area contributed by atoms with Crippen LogP contribution in [-0.2, 0) is 0 Å². The Morgan fingerprint density at radius 2 is 1.71 bits per heavy atom. The van der Waals surface area contributed by atoms with Crippen LogP contribution in [0.3, 0.4) is 0 Å². The van der Waals surface area contributed by atoms with E-state index in [-0.39, 0.29) is 11.0 Å². The van der Waals surface area contributed by atoms with Gasteiger partial charge in [0.1, 0.15) is 11.5 Å². The largest absolute Gasteiger partial charge is 0.497 e. The van der Waals surface area contributed by atoms with E-state index in [9.17, 15) is 4.79 Å². The number of anilines is 2. The van der Waals surface area contributed by atoms with Gasteiger partial charge < -0.3 is 24.6 Å². The predicted molar refractivity (Wildman–Crippen MR) is 129 cm³/mol. The van der Waals surface area contributed by atoms with E-state index in [1.54, 1.807) is 18.2 Å². The minimum Gasteiger partial charge on any atom is -0.497 e. The average molecular weight is 463 g/mol. The number of hydrogen-bond donors (Lipinski definition) is 2. The molecule has 1 amide bonds. The van der Waals surface area contributed by atoms with Crippen molar-refractivity contribution < 1.29 is 14.3 Å². The molecule has 9 heteroatoms. The van der Waals surface area contributed by atoms with Gasteiger partial charge in [0.25, 0.3) is 5.91 Å². The molecule has 1 heterocycles. The summed E-state index contributed by atoms with van der Waals surface area (Å²) in [5, 5.41) is 6.49. The van der Waals surface area contributed by atoms with Crippen molar-refractivity contribution in [3.63, 3.8) is 0 Å². The minimum atomic E-state index is -0.369. The van der Waals surface area contributed by atoms with Crippen LogP contribution in [0.2, 0.25) is 5.02 Å². The molecule has 0 aromatic heterocycles.